The fourth-order valence-corrected chi connectivity index (χ4v) is 5.85. The van der Waals surface area contributed by atoms with E-state index >= 15 is 0 Å². The second-order valence-corrected chi connectivity index (χ2v) is 8.26. The molecule has 0 amide bonds. The van der Waals surface area contributed by atoms with Gasteiger partial charge in [0.25, 0.3) is 0 Å². The van der Waals surface area contributed by atoms with Crippen LogP contribution < -0.4 is 0 Å². The van der Waals surface area contributed by atoms with Crippen molar-refractivity contribution < 1.29 is 0 Å². The molecule has 0 heterocycles. The van der Waals surface area contributed by atoms with Crippen molar-refractivity contribution in [3.8, 4) is 0 Å². The summed E-state index contributed by atoms with van der Waals surface area (Å²) in [6, 6.07) is 18.1. The molecule has 0 unspecified atom stereocenters. The van der Waals surface area contributed by atoms with Gasteiger partial charge in [0, 0.05) is 8.86 Å². The molecule has 0 saturated heterocycles. The van der Waals surface area contributed by atoms with Crippen molar-refractivity contribution in [2.45, 2.75) is 39.5 Å². The van der Waals surface area contributed by atoms with Crippen LogP contribution in [0.5, 0.6) is 0 Å². The summed E-state index contributed by atoms with van der Waals surface area (Å²) in [6.07, 6.45) is 4.96. The van der Waals surface area contributed by atoms with E-state index in [1.165, 1.54) is 56.8 Å². The molecular weight excluding hydrogens is 506 g/mol. The van der Waals surface area contributed by atoms with Crippen LogP contribution in [0.15, 0.2) is 48.5 Å². The van der Waals surface area contributed by atoms with Crippen LogP contribution in [0.3, 0.4) is 0 Å². The van der Waals surface area contributed by atoms with E-state index in [2.05, 4.69) is 108 Å². The molecule has 0 atom stereocenters. The number of halogens is 2. The fourth-order valence-electron chi connectivity index (χ4n) is 2.76. The molecule has 0 aromatic heterocycles. The Hall–Kier alpha value is -0.100. The van der Waals surface area contributed by atoms with E-state index in [9.17, 15) is 0 Å². The zero-order chi connectivity index (χ0) is 16.7. The first-order valence-electron chi connectivity index (χ1n) is 8.30. The number of rotatable bonds is 8. The standard InChI is InChI=1S/C21H26I2/c1-17-3-7-19(8-4-17)11-13-21(15-22,16-23)14-12-20-9-5-18(2)6-10-20/h3-10H,11-16H2,1-2H3. The highest BCUT2D eigenvalue weighted by Gasteiger charge is 2.27. The van der Waals surface area contributed by atoms with Gasteiger partial charge in [0.05, 0.1) is 0 Å². The Kier molecular flexibility index (Phi) is 7.86. The average Bonchev–Trinajstić information content (AvgIpc) is 2.59. The van der Waals surface area contributed by atoms with Crippen LogP contribution in [-0.4, -0.2) is 8.86 Å². The maximum Gasteiger partial charge on any atom is 0.00595 e. The molecule has 0 radical (unpaired) electrons. The first-order valence-corrected chi connectivity index (χ1v) is 11.3. The molecule has 2 aromatic carbocycles. The van der Waals surface area contributed by atoms with Gasteiger partial charge in [-0.1, -0.05) is 105 Å². The van der Waals surface area contributed by atoms with Crippen LogP contribution in [0.2, 0.25) is 0 Å². The van der Waals surface area contributed by atoms with Gasteiger partial charge in [0.1, 0.15) is 0 Å². The quantitative estimate of drug-likeness (QED) is 0.262. The fraction of sp³-hybridized carbons (Fsp3) is 0.429. The van der Waals surface area contributed by atoms with Crippen molar-refractivity contribution in [3.05, 3.63) is 70.8 Å². The molecule has 0 spiro atoms. The van der Waals surface area contributed by atoms with E-state index in [0.29, 0.717) is 5.41 Å². The predicted molar refractivity (Wildman–Crippen MR) is 119 cm³/mol. The molecule has 23 heavy (non-hydrogen) atoms. The topological polar surface area (TPSA) is 0 Å². The second kappa shape index (κ2) is 9.40. The Morgan fingerprint density at radius 2 is 1.00 bits per heavy atom. The highest BCUT2D eigenvalue weighted by Crippen LogP contribution is 2.34. The Bertz CT molecular complexity index is 529. The van der Waals surface area contributed by atoms with Crippen LogP contribution in [0.1, 0.15) is 35.1 Å². The van der Waals surface area contributed by atoms with Crippen LogP contribution in [-0.2, 0) is 12.8 Å². The van der Waals surface area contributed by atoms with Gasteiger partial charge in [-0.15, -0.1) is 0 Å². The van der Waals surface area contributed by atoms with Crippen molar-refractivity contribution in [2.75, 3.05) is 8.86 Å². The van der Waals surface area contributed by atoms with Crippen LogP contribution in [0, 0.1) is 19.3 Å². The van der Waals surface area contributed by atoms with E-state index < -0.39 is 0 Å². The van der Waals surface area contributed by atoms with Crippen molar-refractivity contribution >= 4 is 45.2 Å². The van der Waals surface area contributed by atoms with Gasteiger partial charge in [0.15, 0.2) is 0 Å². The minimum Gasteiger partial charge on any atom is -0.0857 e. The van der Waals surface area contributed by atoms with Gasteiger partial charge < -0.3 is 0 Å². The van der Waals surface area contributed by atoms with E-state index in [0.717, 1.165) is 0 Å². The summed E-state index contributed by atoms with van der Waals surface area (Å²) in [5, 5.41) is 0. The van der Waals surface area contributed by atoms with E-state index in [1.807, 2.05) is 0 Å². The van der Waals surface area contributed by atoms with Crippen molar-refractivity contribution in [1.82, 2.24) is 0 Å². The Balaban J connectivity index is 1.97. The second-order valence-electron chi connectivity index (χ2n) is 6.74. The number of alkyl halides is 2. The lowest BCUT2D eigenvalue weighted by Gasteiger charge is -2.30. The van der Waals surface area contributed by atoms with Crippen LogP contribution in [0.4, 0.5) is 0 Å². The lowest BCUT2D eigenvalue weighted by Crippen LogP contribution is -2.26. The first-order chi connectivity index (χ1) is 11.1. The normalized spacial score (nSPS) is 11.7. The molecule has 0 bridgehead atoms. The summed E-state index contributed by atoms with van der Waals surface area (Å²) in [4.78, 5) is 0. The third-order valence-corrected chi connectivity index (χ3v) is 7.93. The highest BCUT2D eigenvalue weighted by atomic mass is 127. The lowest BCUT2D eigenvalue weighted by atomic mass is 9.81. The smallest absolute Gasteiger partial charge is 0.00595 e. The Morgan fingerprint density at radius 3 is 1.30 bits per heavy atom. The van der Waals surface area contributed by atoms with Gasteiger partial charge in [-0.25, -0.2) is 0 Å². The molecule has 0 saturated carbocycles. The molecule has 2 aromatic rings. The summed E-state index contributed by atoms with van der Waals surface area (Å²) in [5.74, 6) is 0. The van der Waals surface area contributed by atoms with Gasteiger partial charge in [-0.2, -0.15) is 0 Å². The minimum atomic E-state index is 0.455. The minimum absolute atomic E-state index is 0.455. The van der Waals surface area contributed by atoms with Crippen molar-refractivity contribution in [3.63, 3.8) is 0 Å². The summed E-state index contributed by atoms with van der Waals surface area (Å²) in [7, 11) is 0. The largest absolute Gasteiger partial charge is 0.0857 e. The van der Waals surface area contributed by atoms with Crippen molar-refractivity contribution in [1.29, 1.82) is 0 Å². The molecule has 0 N–H and O–H groups in total. The average molecular weight is 532 g/mol. The van der Waals surface area contributed by atoms with Crippen LogP contribution >= 0.6 is 45.2 Å². The number of hydrogen-bond donors (Lipinski definition) is 0. The summed E-state index contributed by atoms with van der Waals surface area (Å²) in [5.41, 5.74) is 6.11. The Morgan fingerprint density at radius 1 is 0.652 bits per heavy atom. The predicted octanol–water partition coefficient (Wildman–Crippen LogP) is 6.73. The summed E-state index contributed by atoms with van der Waals surface area (Å²) in [6.45, 7) is 4.32. The number of hydrogen-bond acceptors (Lipinski definition) is 0. The van der Waals surface area contributed by atoms with Gasteiger partial charge in [-0.3, -0.25) is 0 Å². The molecule has 2 heteroatoms. The summed E-state index contributed by atoms with van der Waals surface area (Å²) >= 11 is 5.19. The Labute approximate surface area is 168 Å². The zero-order valence-electron chi connectivity index (χ0n) is 14.1. The van der Waals surface area contributed by atoms with Gasteiger partial charge >= 0.3 is 0 Å². The van der Waals surface area contributed by atoms with Gasteiger partial charge in [-0.05, 0) is 56.1 Å². The molecule has 0 fully saturated rings. The lowest BCUT2D eigenvalue weighted by molar-refractivity contribution is 0.336. The van der Waals surface area contributed by atoms with Crippen LogP contribution in [0.25, 0.3) is 0 Å². The van der Waals surface area contributed by atoms with E-state index in [4.69, 9.17) is 0 Å². The molecule has 0 aliphatic rings. The summed E-state index contributed by atoms with van der Waals surface area (Å²) < 4.78 is 2.48. The molecule has 0 aliphatic heterocycles. The number of benzene rings is 2. The van der Waals surface area contributed by atoms with Gasteiger partial charge in [0.2, 0.25) is 0 Å². The monoisotopic (exact) mass is 532 g/mol. The molecule has 0 nitrogen and oxygen atoms in total. The van der Waals surface area contributed by atoms with E-state index in [-0.39, 0.29) is 0 Å². The molecule has 0 aliphatic carbocycles. The first kappa shape index (κ1) is 19.2. The number of aryl methyl sites for hydroxylation is 4. The molecular formula is C21H26I2. The SMILES string of the molecule is Cc1ccc(CCC(CI)(CI)CCc2ccc(C)cc2)cc1. The van der Waals surface area contributed by atoms with Crippen molar-refractivity contribution in [2.24, 2.45) is 5.41 Å². The molecule has 2 rings (SSSR count). The third kappa shape index (κ3) is 6.04. The van der Waals surface area contributed by atoms with E-state index in [1.54, 1.807) is 0 Å². The zero-order valence-corrected chi connectivity index (χ0v) is 18.4. The highest BCUT2D eigenvalue weighted by molar-refractivity contribution is 14.1. The molecule has 124 valence electrons. The third-order valence-electron chi connectivity index (χ3n) is 4.70. The maximum absolute atomic E-state index is 2.59. The maximum atomic E-state index is 2.59.